The van der Waals surface area contributed by atoms with Crippen molar-refractivity contribution in [2.45, 2.75) is 9.79 Å². The number of para-hydroxylation sites is 1. The summed E-state index contributed by atoms with van der Waals surface area (Å²) in [5.41, 5.74) is 0. The van der Waals surface area contributed by atoms with Crippen molar-refractivity contribution in [2.75, 3.05) is 6.61 Å². The number of hydrogen-bond acceptors (Lipinski definition) is 5. The van der Waals surface area contributed by atoms with Gasteiger partial charge in [0.2, 0.25) is 0 Å². The van der Waals surface area contributed by atoms with Gasteiger partial charge in [0.1, 0.15) is 18.1 Å². The third kappa shape index (κ3) is 2.87. The Hall–Kier alpha value is -2.40. The summed E-state index contributed by atoms with van der Waals surface area (Å²) in [7, 11) is 0. The lowest BCUT2D eigenvalue weighted by molar-refractivity contribution is 0.108. The van der Waals surface area contributed by atoms with E-state index in [0.29, 0.717) is 11.5 Å². The molecule has 0 N–H and O–H groups in total. The first-order chi connectivity index (χ1) is 10.3. The van der Waals surface area contributed by atoms with Gasteiger partial charge in [0.15, 0.2) is 5.75 Å². The quantitative estimate of drug-likeness (QED) is 0.400. The third-order valence-electron chi connectivity index (χ3n) is 2.74. The summed E-state index contributed by atoms with van der Waals surface area (Å²) in [4.78, 5) is 13.3. The SMILES string of the molecule is C=CCOC(=O)Oc1cccc2c1Sc1ccccc1O2. The summed E-state index contributed by atoms with van der Waals surface area (Å²) in [5.74, 6) is 1.87. The van der Waals surface area contributed by atoms with Crippen molar-refractivity contribution in [3.63, 3.8) is 0 Å². The number of ether oxygens (including phenoxy) is 3. The van der Waals surface area contributed by atoms with Gasteiger partial charge in [0.25, 0.3) is 0 Å². The van der Waals surface area contributed by atoms with E-state index in [1.165, 1.54) is 17.8 Å². The van der Waals surface area contributed by atoms with E-state index in [2.05, 4.69) is 6.58 Å². The molecular weight excluding hydrogens is 288 g/mol. The van der Waals surface area contributed by atoms with Gasteiger partial charge in [-0.25, -0.2) is 4.79 Å². The van der Waals surface area contributed by atoms with E-state index in [0.717, 1.165) is 15.5 Å². The van der Waals surface area contributed by atoms with E-state index in [1.807, 2.05) is 30.3 Å². The first kappa shape index (κ1) is 13.6. The van der Waals surface area contributed by atoms with Gasteiger partial charge in [0.05, 0.1) is 9.79 Å². The van der Waals surface area contributed by atoms with Crippen LogP contribution >= 0.6 is 11.8 Å². The maximum Gasteiger partial charge on any atom is 0.514 e. The summed E-state index contributed by atoms with van der Waals surface area (Å²) < 4.78 is 15.9. The lowest BCUT2D eigenvalue weighted by Crippen LogP contribution is -2.11. The largest absolute Gasteiger partial charge is 0.514 e. The van der Waals surface area contributed by atoms with Crippen LogP contribution in [0.15, 0.2) is 64.9 Å². The molecule has 0 atom stereocenters. The van der Waals surface area contributed by atoms with Crippen LogP contribution in [0.3, 0.4) is 0 Å². The molecule has 106 valence electrons. The van der Waals surface area contributed by atoms with Crippen LogP contribution in [0, 0.1) is 0 Å². The zero-order valence-electron chi connectivity index (χ0n) is 11.1. The predicted molar refractivity (Wildman–Crippen MR) is 79.3 cm³/mol. The van der Waals surface area contributed by atoms with E-state index >= 15 is 0 Å². The van der Waals surface area contributed by atoms with Crippen molar-refractivity contribution in [1.29, 1.82) is 0 Å². The Balaban J connectivity index is 1.86. The number of carbonyl (C=O) groups excluding carboxylic acids is 1. The van der Waals surface area contributed by atoms with Crippen molar-refractivity contribution >= 4 is 17.9 Å². The Labute approximate surface area is 126 Å². The molecule has 1 heterocycles. The second-order valence-corrected chi connectivity index (χ2v) is 5.24. The monoisotopic (exact) mass is 300 g/mol. The first-order valence-electron chi connectivity index (χ1n) is 6.31. The first-order valence-corrected chi connectivity index (χ1v) is 7.13. The van der Waals surface area contributed by atoms with Gasteiger partial charge in [-0.2, -0.15) is 0 Å². The van der Waals surface area contributed by atoms with E-state index in [1.54, 1.807) is 12.1 Å². The number of carbonyl (C=O) groups is 1. The number of benzene rings is 2. The summed E-state index contributed by atoms with van der Waals surface area (Å²) in [6, 6.07) is 13.0. The Bertz CT molecular complexity index is 696. The lowest BCUT2D eigenvalue weighted by atomic mass is 10.3. The Kier molecular flexibility index (Phi) is 3.83. The van der Waals surface area contributed by atoms with E-state index in [-0.39, 0.29) is 6.61 Å². The predicted octanol–water partition coefficient (Wildman–Crippen LogP) is 4.64. The molecule has 0 radical (unpaired) electrons. The van der Waals surface area contributed by atoms with Crippen LogP contribution in [0.2, 0.25) is 0 Å². The van der Waals surface area contributed by atoms with Gasteiger partial charge in [-0.1, -0.05) is 42.6 Å². The molecule has 0 bridgehead atoms. The fraction of sp³-hybridized carbons (Fsp3) is 0.0625. The minimum absolute atomic E-state index is 0.111. The lowest BCUT2D eigenvalue weighted by Gasteiger charge is -2.20. The molecule has 0 aliphatic carbocycles. The second-order valence-electron chi connectivity index (χ2n) is 4.19. The molecule has 1 aliphatic rings. The van der Waals surface area contributed by atoms with Crippen LogP contribution < -0.4 is 9.47 Å². The van der Waals surface area contributed by atoms with E-state index in [9.17, 15) is 4.79 Å². The van der Waals surface area contributed by atoms with Crippen molar-refractivity contribution in [1.82, 2.24) is 0 Å². The van der Waals surface area contributed by atoms with Crippen molar-refractivity contribution < 1.29 is 19.0 Å². The van der Waals surface area contributed by atoms with Crippen LogP contribution in [0.1, 0.15) is 0 Å². The maximum atomic E-state index is 11.6. The van der Waals surface area contributed by atoms with Gasteiger partial charge in [-0.3, -0.25) is 0 Å². The van der Waals surface area contributed by atoms with Gasteiger partial charge < -0.3 is 14.2 Å². The molecular formula is C16H12O4S. The molecule has 5 heteroatoms. The van der Waals surface area contributed by atoms with E-state index < -0.39 is 6.16 Å². The van der Waals surface area contributed by atoms with Gasteiger partial charge in [-0.15, -0.1) is 0 Å². The third-order valence-corrected chi connectivity index (χ3v) is 3.90. The van der Waals surface area contributed by atoms with Crippen molar-refractivity contribution in [3.05, 3.63) is 55.1 Å². The Morgan fingerprint density at radius 3 is 2.86 bits per heavy atom. The average Bonchev–Trinajstić information content (AvgIpc) is 2.51. The molecule has 3 rings (SSSR count). The number of rotatable bonds is 3. The zero-order valence-corrected chi connectivity index (χ0v) is 11.9. The molecule has 0 fully saturated rings. The van der Waals surface area contributed by atoms with Crippen molar-refractivity contribution in [2.24, 2.45) is 0 Å². The molecule has 0 saturated carbocycles. The van der Waals surface area contributed by atoms with Gasteiger partial charge in [0, 0.05) is 0 Å². The zero-order chi connectivity index (χ0) is 14.7. The fourth-order valence-corrected chi connectivity index (χ4v) is 2.85. The number of hydrogen-bond donors (Lipinski definition) is 0. The Morgan fingerprint density at radius 2 is 2.00 bits per heavy atom. The fourth-order valence-electron chi connectivity index (χ4n) is 1.85. The highest BCUT2D eigenvalue weighted by molar-refractivity contribution is 7.99. The molecule has 4 nitrogen and oxygen atoms in total. The molecule has 1 aliphatic heterocycles. The minimum atomic E-state index is -0.761. The molecule has 2 aromatic rings. The van der Waals surface area contributed by atoms with Crippen LogP contribution in [0.25, 0.3) is 0 Å². The summed E-state index contributed by atoms with van der Waals surface area (Å²) >= 11 is 1.50. The normalized spacial score (nSPS) is 11.6. The molecule has 21 heavy (non-hydrogen) atoms. The van der Waals surface area contributed by atoms with Crippen LogP contribution in [-0.2, 0) is 4.74 Å². The van der Waals surface area contributed by atoms with Crippen LogP contribution in [0.5, 0.6) is 17.2 Å². The molecule has 2 aromatic carbocycles. The molecule has 0 saturated heterocycles. The summed E-state index contributed by atoms with van der Waals surface area (Å²) in [5, 5.41) is 0. The molecule has 0 amide bonds. The summed E-state index contributed by atoms with van der Waals surface area (Å²) in [6.45, 7) is 3.59. The highest BCUT2D eigenvalue weighted by Gasteiger charge is 2.22. The highest BCUT2D eigenvalue weighted by atomic mass is 32.2. The number of fused-ring (bicyclic) bond motifs is 2. The highest BCUT2D eigenvalue weighted by Crippen LogP contribution is 2.50. The second kappa shape index (κ2) is 5.93. The topological polar surface area (TPSA) is 44.8 Å². The van der Waals surface area contributed by atoms with Gasteiger partial charge >= 0.3 is 6.16 Å². The maximum absolute atomic E-state index is 11.6. The van der Waals surface area contributed by atoms with Crippen LogP contribution in [-0.4, -0.2) is 12.8 Å². The van der Waals surface area contributed by atoms with Gasteiger partial charge in [-0.05, 0) is 24.3 Å². The Morgan fingerprint density at radius 1 is 1.19 bits per heavy atom. The van der Waals surface area contributed by atoms with Crippen molar-refractivity contribution in [3.8, 4) is 17.2 Å². The smallest absolute Gasteiger partial charge is 0.455 e. The summed E-state index contributed by atoms with van der Waals surface area (Å²) in [6.07, 6.45) is 0.721. The standard InChI is InChI=1S/C16H12O4S/c1-2-10-18-16(17)20-13-8-5-7-12-15(13)21-14-9-4-3-6-11(14)19-12/h2-9H,1,10H2. The molecule has 0 aromatic heterocycles. The molecule has 0 spiro atoms. The van der Waals surface area contributed by atoms with E-state index in [4.69, 9.17) is 14.2 Å². The van der Waals surface area contributed by atoms with Crippen LogP contribution in [0.4, 0.5) is 4.79 Å². The molecule has 0 unspecified atom stereocenters. The average molecular weight is 300 g/mol. The minimum Gasteiger partial charge on any atom is -0.455 e.